The molecule has 0 spiro atoms. The molecule has 1 aliphatic carbocycles. The standard InChI is InChI=1S/C14H13BrN2O3/c15-9-2-1-8-5-11(17-10(8)6-9)12(18)16-7-14(3-4-14)13(19)20/h1-2,5-6,17H,3-4,7H2,(H,16,18)(H,19,20). The van der Waals surface area contributed by atoms with Crippen LogP contribution in [0.15, 0.2) is 28.7 Å². The van der Waals surface area contributed by atoms with Crippen molar-refractivity contribution < 1.29 is 14.7 Å². The number of amides is 1. The first-order valence-electron chi connectivity index (χ1n) is 6.30. The molecule has 0 aliphatic heterocycles. The van der Waals surface area contributed by atoms with E-state index in [1.54, 1.807) is 6.07 Å². The fourth-order valence-electron chi connectivity index (χ4n) is 2.18. The van der Waals surface area contributed by atoms with Crippen molar-refractivity contribution in [3.63, 3.8) is 0 Å². The fraction of sp³-hybridized carbons (Fsp3) is 0.286. The van der Waals surface area contributed by atoms with Crippen molar-refractivity contribution in [1.82, 2.24) is 10.3 Å². The van der Waals surface area contributed by atoms with Gasteiger partial charge in [-0.25, -0.2) is 0 Å². The van der Waals surface area contributed by atoms with Crippen LogP contribution >= 0.6 is 15.9 Å². The summed E-state index contributed by atoms with van der Waals surface area (Å²) in [5.41, 5.74) is 0.563. The minimum atomic E-state index is -0.835. The number of benzene rings is 1. The third-order valence-corrected chi connectivity index (χ3v) is 4.22. The number of carbonyl (C=O) groups excluding carboxylic acids is 1. The molecule has 0 bridgehead atoms. The SMILES string of the molecule is O=C(NCC1(C(=O)O)CC1)c1cc2ccc(Br)cc2[nH]1. The van der Waals surface area contributed by atoms with Gasteiger partial charge in [-0.1, -0.05) is 22.0 Å². The van der Waals surface area contributed by atoms with E-state index in [2.05, 4.69) is 26.2 Å². The minimum absolute atomic E-state index is 0.181. The smallest absolute Gasteiger partial charge is 0.311 e. The molecule has 0 unspecified atom stereocenters. The summed E-state index contributed by atoms with van der Waals surface area (Å²) in [7, 11) is 0. The molecule has 1 amide bonds. The summed E-state index contributed by atoms with van der Waals surface area (Å²) >= 11 is 3.37. The van der Waals surface area contributed by atoms with Gasteiger partial charge in [0.25, 0.3) is 5.91 Å². The highest BCUT2D eigenvalue weighted by atomic mass is 79.9. The van der Waals surface area contributed by atoms with Crippen LogP contribution in [0, 0.1) is 5.41 Å². The Bertz CT molecular complexity index is 704. The molecule has 3 rings (SSSR count). The van der Waals surface area contributed by atoms with E-state index < -0.39 is 11.4 Å². The van der Waals surface area contributed by atoms with E-state index in [-0.39, 0.29) is 12.5 Å². The van der Waals surface area contributed by atoms with Gasteiger partial charge < -0.3 is 15.4 Å². The van der Waals surface area contributed by atoms with Crippen LogP contribution in [-0.4, -0.2) is 28.5 Å². The van der Waals surface area contributed by atoms with Crippen molar-refractivity contribution in [3.05, 3.63) is 34.4 Å². The number of hydrogen-bond donors (Lipinski definition) is 3. The van der Waals surface area contributed by atoms with E-state index in [9.17, 15) is 9.59 Å². The Labute approximate surface area is 123 Å². The zero-order valence-electron chi connectivity index (χ0n) is 10.6. The second-order valence-electron chi connectivity index (χ2n) is 5.18. The molecule has 6 heteroatoms. The number of carbonyl (C=O) groups is 2. The summed E-state index contributed by atoms with van der Waals surface area (Å²) in [4.78, 5) is 26.1. The van der Waals surface area contributed by atoms with Crippen LogP contribution in [0.5, 0.6) is 0 Å². The van der Waals surface area contributed by atoms with E-state index in [1.165, 1.54) is 0 Å². The first kappa shape index (κ1) is 13.2. The molecule has 1 aromatic carbocycles. The van der Waals surface area contributed by atoms with Crippen LogP contribution in [0.3, 0.4) is 0 Å². The third kappa shape index (κ3) is 2.31. The molecule has 3 N–H and O–H groups in total. The Morgan fingerprint density at radius 2 is 2.10 bits per heavy atom. The highest BCUT2D eigenvalue weighted by Gasteiger charge is 2.50. The number of H-pyrrole nitrogens is 1. The summed E-state index contributed by atoms with van der Waals surface area (Å²) in [5.74, 6) is -1.11. The van der Waals surface area contributed by atoms with Crippen molar-refractivity contribution in [3.8, 4) is 0 Å². The highest BCUT2D eigenvalue weighted by molar-refractivity contribution is 9.10. The van der Waals surface area contributed by atoms with Crippen molar-refractivity contribution in [2.75, 3.05) is 6.54 Å². The van der Waals surface area contributed by atoms with Gasteiger partial charge >= 0.3 is 5.97 Å². The van der Waals surface area contributed by atoms with E-state index in [4.69, 9.17) is 5.11 Å². The van der Waals surface area contributed by atoms with Gasteiger partial charge in [-0.05, 0) is 31.0 Å². The molecule has 2 aromatic rings. The number of carboxylic acid groups (broad SMARTS) is 1. The molecule has 1 heterocycles. The van der Waals surface area contributed by atoms with Crippen molar-refractivity contribution in [2.45, 2.75) is 12.8 Å². The van der Waals surface area contributed by atoms with Crippen molar-refractivity contribution in [1.29, 1.82) is 0 Å². The van der Waals surface area contributed by atoms with Gasteiger partial charge in [0.2, 0.25) is 0 Å². The number of fused-ring (bicyclic) bond motifs is 1. The maximum Gasteiger partial charge on any atom is 0.311 e. The Balaban J connectivity index is 1.74. The number of rotatable bonds is 4. The number of carboxylic acids is 1. The molecule has 20 heavy (non-hydrogen) atoms. The van der Waals surface area contributed by atoms with Crippen LogP contribution in [0.25, 0.3) is 10.9 Å². The predicted octanol–water partition coefficient (Wildman–Crippen LogP) is 2.52. The van der Waals surface area contributed by atoms with Crippen molar-refractivity contribution in [2.24, 2.45) is 5.41 Å². The molecule has 0 radical (unpaired) electrons. The summed E-state index contributed by atoms with van der Waals surface area (Å²) in [6.07, 6.45) is 1.25. The van der Waals surface area contributed by atoms with Gasteiger partial charge in [0, 0.05) is 21.9 Å². The lowest BCUT2D eigenvalue weighted by Crippen LogP contribution is -2.34. The summed E-state index contributed by atoms with van der Waals surface area (Å²) in [5, 5.41) is 12.7. The lowest BCUT2D eigenvalue weighted by atomic mass is 10.1. The van der Waals surface area contributed by atoms with Crippen LogP contribution in [0.2, 0.25) is 0 Å². The second kappa shape index (κ2) is 4.63. The Hall–Kier alpha value is -1.82. The van der Waals surface area contributed by atoms with E-state index in [0.717, 1.165) is 15.4 Å². The number of aliphatic carboxylic acids is 1. The molecule has 1 saturated carbocycles. The lowest BCUT2D eigenvalue weighted by Gasteiger charge is -2.10. The molecular weight excluding hydrogens is 324 g/mol. The average Bonchev–Trinajstić information content (AvgIpc) is 3.09. The average molecular weight is 337 g/mol. The van der Waals surface area contributed by atoms with Gasteiger partial charge in [-0.15, -0.1) is 0 Å². The normalized spacial score (nSPS) is 16.1. The summed E-state index contributed by atoms with van der Waals surface area (Å²) < 4.78 is 0.932. The van der Waals surface area contributed by atoms with Gasteiger partial charge in [0.05, 0.1) is 5.41 Å². The van der Waals surface area contributed by atoms with Gasteiger partial charge in [0.1, 0.15) is 5.69 Å². The monoisotopic (exact) mass is 336 g/mol. The maximum absolute atomic E-state index is 12.0. The summed E-state index contributed by atoms with van der Waals surface area (Å²) in [6.45, 7) is 0.181. The molecule has 1 aliphatic rings. The highest BCUT2D eigenvalue weighted by Crippen LogP contribution is 2.45. The van der Waals surface area contributed by atoms with Gasteiger partial charge in [-0.2, -0.15) is 0 Å². The Morgan fingerprint density at radius 1 is 1.35 bits per heavy atom. The van der Waals surface area contributed by atoms with Crippen LogP contribution in [0.4, 0.5) is 0 Å². The molecule has 0 saturated heterocycles. The second-order valence-corrected chi connectivity index (χ2v) is 6.10. The molecule has 5 nitrogen and oxygen atoms in total. The van der Waals surface area contributed by atoms with Crippen LogP contribution in [-0.2, 0) is 4.79 Å². The minimum Gasteiger partial charge on any atom is -0.481 e. The zero-order chi connectivity index (χ0) is 14.3. The first-order chi connectivity index (χ1) is 9.50. The number of halogens is 1. The molecule has 0 atom stereocenters. The largest absolute Gasteiger partial charge is 0.481 e. The maximum atomic E-state index is 12.0. The lowest BCUT2D eigenvalue weighted by molar-refractivity contribution is -0.143. The molecule has 1 aromatic heterocycles. The van der Waals surface area contributed by atoms with Gasteiger partial charge in [0.15, 0.2) is 0 Å². The van der Waals surface area contributed by atoms with E-state index in [1.807, 2.05) is 18.2 Å². The van der Waals surface area contributed by atoms with Crippen LogP contribution in [0.1, 0.15) is 23.3 Å². The zero-order valence-corrected chi connectivity index (χ0v) is 12.2. The van der Waals surface area contributed by atoms with Crippen LogP contribution < -0.4 is 5.32 Å². The van der Waals surface area contributed by atoms with Crippen molar-refractivity contribution >= 4 is 38.7 Å². The number of aromatic amines is 1. The van der Waals surface area contributed by atoms with E-state index >= 15 is 0 Å². The number of hydrogen-bond acceptors (Lipinski definition) is 2. The molecule has 104 valence electrons. The first-order valence-corrected chi connectivity index (χ1v) is 7.09. The van der Waals surface area contributed by atoms with Gasteiger partial charge in [-0.3, -0.25) is 9.59 Å². The summed E-state index contributed by atoms with van der Waals surface area (Å²) in [6, 6.07) is 7.47. The number of aromatic nitrogens is 1. The van der Waals surface area contributed by atoms with E-state index in [0.29, 0.717) is 18.5 Å². The Kier molecular flexibility index (Phi) is 3.05. The third-order valence-electron chi connectivity index (χ3n) is 3.72. The topological polar surface area (TPSA) is 82.2 Å². The Morgan fingerprint density at radius 3 is 2.75 bits per heavy atom. The predicted molar refractivity (Wildman–Crippen MR) is 77.6 cm³/mol. The number of nitrogens with one attached hydrogen (secondary N) is 2. The molecule has 1 fully saturated rings. The molecular formula is C14H13BrN2O3. The quantitative estimate of drug-likeness (QED) is 0.802. The fourth-order valence-corrected chi connectivity index (χ4v) is 2.54.